The fraction of sp³-hybridized carbons (Fsp3) is 0. The molecule has 6 nitrogen and oxygen atoms in total. The number of benzene rings is 1. The summed E-state index contributed by atoms with van der Waals surface area (Å²) in [6.45, 7) is 0. The Kier molecular flexibility index (Phi) is 2.70. The van der Waals surface area contributed by atoms with Gasteiger partial charge in [-0.15, -0.1) is 0 Å². The zero-order valence-electron chi connectivity index (χ0n) is 7.38. The van der Waals surface area contributed by atoms with E-state index in [1.165, 1.54) is 6.07 Å². The molecule has 0 saturated heterocycles. The van der Waals surface area contributed by atoms with E-state index >= 15 is 0 Å². The number of phenolic OH excluding ortho intramolecular Hbond substituents is 2. The van der Waals surface area contributed by atoms with Crippen molar-refractivity contribution in [2.75, 3.05) is 0 Å². The monoisotopic (exact) mass is 212 g/mol. The molecule has 0 fully saturated rings. The highest BCUT2D eigenvalue weighted by Crippen LogP contribution is 2.32. The summed E-state index contributed by atoms with van der Waals surface area (Å²) < 4.78 is 0. The molecule has 1 aromatic rings. The van der Waals surface area contributed by atoms with Crippen molar-refractivity contribution in [3.63, 3.8) is 0 Å². The van der Waals surface area contributed by atoms with Crippen LogP contribution in [0.15, 0.2) is 24.0 Å². The normalized spacial score (nSPS) is 12.0. The zero-order valence-corrected chi connectivity index (χ0v) is 7.38. The van der Waals surface area contributed by atoms with E-state index in [1.54, 1.807) is 0 Å². The van der Waals surface area contributed by atoms with Crippen LogP contribution < -0.4 is 0 Å². The van der Waals surface area contributed by atoms with Crippen molar-refractivity contribution in [2.45, 2.75) is 0 Å². The van der Waals surface area contributed by atoms with Crippen LogP contribution in [0.25, 0.3) is 5.76 Å². The van der Waals surface area contributed by atoms with Crippen LogP contribution in [0.4, 0.5) is 0 Å². The molecule has 0 unspecified atom stereocenters. The van der Waals surface area contributed by atoms with Gasteiger partial charge in [-0.1, -0.05) is 6.07 Å². The Morgan fingerprint density at radius 3 is 2.20 bits per heavy atom. The molecule has 15 heavy (non-hydrogen) atoms. The SMILES string of the molecule is O=C(O)C(O)=C(O)c1cccc(O)c1O. The van der Waals surface area contributed by atoms with Gasteiger partial charge in [0, 0.05) is 0 Å². The van der Waals surface area contributed by atoms with Crippen molar-refractivity contribution in [3.8, 4) is 11.5 Å². The maximum atomic E-state index is 10.3. The molecular formula is C9H8O6. The highest BCUT2D eigenvalue weighted by Gasteiger charge is 2.18. The van der Waals surface area contributed by atoms with E-state index < -0.39 is 29.0 Å². The summed E-state index contributed by atoms with van der Waals surface area (Å²) in [7, 11) is 0. The molecule has 0 aliphatic rings. The summed E-state index contributed by atoms with van der Waals surface area (Å²) in [5, 5.41) is 44.8. The molecule has 0 aliphatic heterocycles. The average molecular weight is 212 g/mol. The molecule has 0 amide bonds. The number of aliphatic hydroxyl groups is 2. The van der Waals surface area contributed by atoms with Crippen LogP contribution in [0.1, 0.15) is 5.56 Å². The molecule has 0 heterocycles. The van der Waals surface area contributed by atoms with Crippen LogP contribution in [0.2, 0.25) is 0 Å². The number of aliphatic hydroxyl groups excluding tert-OH is 2. The van der Waals surface area contributed by atoms with Crippen LogP contribution in [-0.4, -0.2) is 31.5 Å². The molecule has 0 atom stereocenters. The van der Waals surface area contributed by atoms with Gasteiger partial charge in [-0.05, 0) is 12.1 Å². The van der Waals surface area contributed by atoms with Crippen molar-refractivity contribution >= 4 is 11.7 Å². The molecule has 0 spiro atoms. The van der Waals surface area contributed by atoms with Crippen LogP contribution in [-0.2, 0) is 4.79 Å². The Bertz CT molecular complexity index is 434. The molecule has 0 aromatic heterocycles. The maximum absolute atomic E-state index is 10.3. The number of aromatic hydroxyl groups is 2. The van der Waals surface area contributed by atoms with E-state index in [0.29, 0.717) is 0 Å². The van der Waals surface area contributed by atoms with Crippen molar-refractivity contribution < 1.29 is 30.3 Å². The van der Waals surface area contributed by atoms with Gasteiger partial charge in [0.25, 0.3) is 0 Å². The molecule has 1 rings (SSSR count). The highest BCUT2D eigenvalue weighted by molar-refractivity contribution is 5.92. The molecular weight excluding hydrogens is 204 g/mol. The Labute approximate surface area is 84.0 Å². The van der Waals surface area contributed by atoms with E-state index in [1.807, 2.05) is 0 Å². The lowest BCUT2D eigenvalue weighted by Gasteiger charge is -2.05. The van der Waals surface area contributed by atoms with Gasteiger partial charge in [-0.25, -0.2) is 4.79 Å². The third kappa shape index (κ3) is 1.93. The second-order valence-electron chi connectivity index (χ2n) is 2.68. The number of carboxylic acid groups (broad SMARTS) is 1. The van der Waals surface area contributed by atoms with Crippen LogP contribution in [0.5, 0.6) is 11.5 Å². The lowest BCUT2D eigenvalue weighted by molar-refractivity contribution is -0.135. The summed E-state index contributed by atoms with van der Waals surface area (Å²) in [5.74, 6) is -5.30. The smallest absolute Gasteiger partial charge is 0.374 e. The van der Waals surface area contributed by atoms with Gasteiger partial charge in [0.1, 0.15) is 0 Å². The molecule has 0 aliphatic carbocycles. The van der Waals surface area contributed by atoms with Crippen LogP contribution in [0, 0.1) is 0 Å². The van der Waals surface area contributed by atoms with E-state index in [-0.39, 0.29) is 5.56 Å². The van der Waals surface area contributed by atoms with E-state index in [4.69, 9.17) is 15.3 Å². The summed E-state index contributed by atoms with van der Waals surface area (Å²) in [6, 6.07) is 3.56. The van der Waals surface area contributed by atoms with Crippen molar-refractivity contribution in [1.29, 1.82) is 0 Å². The molecule has 1 aromatic carbocycles. The third-order valence-corrected chi connectivity index (χ3v) is 1.70. The van der Waals surface area contributed by atoms with E-state index in [9.17, 15) is 15.0 Å². The fourth-order valence-corrected chi connectivity index (χ4v) is 0.951. The zero-order chi connectivity index (χ0) is 11.6. The predicted octanol–water partition coefficient (Wildman–Crippen LogP) is 0.967. The molecule has 0 saturated carbocycles. The largest absolute Gasteiger partial charge is 0.504 e. The van der Waals surface area contributed by atoms with Gasteiger partial charge in [0.15, 0.2) is 17.3 Å². The fourth-order valence-electron chi connectivity index (χ4n) is 0.951. The maximum Gasteiger partial charge on any atom is 0.374 e. The number of phenols is 2. The first kappa shape index (κ1) is 10.7. The topological polar surface area (TPSA) is 118 Å². The molecule has 0 radical (unpaired) electrons. The van der Waals surface area contributed by atoms with Gasteiger partial charge < -0.3 is 25.5 Å². The van der Waals surface area contributed by atoms with Gasteiger partial charge in [-0.3, -0.25) is 0 Å². The molecule has 6 heteroatoms. The van der Waals surface area contributed by atoms with Crippen LogP contribution in [0.3, 0.4) is 0 Å². The third-order valence-electron chi connectivity index (χ3n) is 1.70. The summed E-state index contributed by atoms with van der Waals surface area (Å²) in [5.41, 5.74) is -0.366. The standard InChI is InChI=1S/C9H8O6/c10-5-3-1-2-4(6(5)11)7(12)8(13)9(14)15/h1-3,10-13H,(H,14,15). The second-order valence-corrected chi connectivity index (χ2v) is 2.68. The lowest BCUT2D eigenvalue weighted by atomic mass is 10.1. The summed E-state index contributed by atoms with van der Waals surface area (Å²) >= 11 is 0. The van der Waals surface area contributed by atoms with E-state index in [2.05, 4.69) is 0 Å². The first-order valence-electron chi connectivity index (χ1n) is 3.82. The van der Waals surface area contributed by atoms with Gasteiger partial charge in [0.05, 0.1) is 5.56 Å². The van der Waals surface area contributed by atoms with Gasteiger partial charge in [0.2, 0.25) is 5.76 Å². The van der Waals surface area contributed by atoms with Crippen molar-refractivity contribution in [3.05, 3.63) is 29.5 Å². The van der Waals surface area contributed by atoms with Gasteiger partial charge in [-0.2, -0.15) is 0 Å². The number of aliphatic carboxylic acids is 1. The highest BCUT2D eigenvalue weighted by atomic mass is 16.4. The predicted molar refractivity (Wildman–Crippen MR) is 49.6 cm³/mol. The minimum absolute atomic E-state index is 0.366. The Morgan fingerprint density at radius 1 is 1.07 bits per heavy atom. The minimum Gasteiger partial charge on any atom is -0.504 e. The first-order chi connectivity index (χ1) is 6.95. The van der Waals surface area contributed by atoms with Crippen molar-refractivity contribution in [2.24, 2.45) is 0 Å². The Hall–Kier alpha value is -2.37. The number of para-hydroxylation sites is 1. The summed E-state index contributed by atoms with van der Waals surface area (Å²) in [6.07, 6.45) is 0. The molecule has 5 N–H and O–H groups in total. The second kappa shape index (κ2) is 3.79. The van der Waals surface area contributed by atoms with Crippen LogP contribution >= 0.6 is 0 Å². The number of hydrogen-bond acceptors (Lipinski definition) is 5. The van der Waals surface area contributed by atoms with E-state index in [0.717, 1.165) is 12.1 Å². The Morgan fingerprint density at radius 2 is 1.67 bits per heavy atom. The quantitative estimate of drug-likeness (QED) is 0.283. The summed E-state index contributed by atoms with van der Waals surface area (Å²) in [4.78, 5) is 10.3. The first-order valence-corrected chi connectivity index (χ1v) is 3.82. The number of hydrogen-bond donors (Lipinski definition) is 5. The Balaban J connectivity index is 3.35. The minimum atomic E-state index is -1.74. The number of carboxylic acids is 1. The molecule has 0 bridgehead atoms. The molecule has 80 valence electrons. The number of carbonyl (C=O) groups is 1. The average Bonchev–Trinajstić information content (AvgIpc) is 2.20. The van der Waals surface area contributed by atoms with Gasteiger partial charge >= 0.3 is 5.97 Å². The lowest BCUT2D eigenvalue weighted by Crippen LogP contribution is -2.03. The van der Waals surface area contributed by atoms with Crippen molar-refractivity contribution in [1.82, 2.24) is 0 Å². The number of rotatable bonds is 2.